The van der Waals surface area contributed by atoms with Gasteiger partial charge in [-0.15, -0.1) is 11.3 Å². The predicted molar refractivity (Wildman–Crippen MR) is 116 cm³/mol. The number of rotatable bonds is 9. The van der Waals surface area contributed by atoms with Crippen molar-refractivity contribution in [2.75, 3.05) is 0 Å². The first-order chi connectivity index (χ1) is 14.8. The molecule has 1 aliphatic rings. The summed E-state index contributed by atoms with van der Waals surface area (Å²) in [6.07, 6.45) is 2.77. The molecule has 0 radical (unpaired) electrons. The van der Waals surface area contributed by atoms with E-state index in [0.717, 1.165) is 10.4 Å². The van der Waals surface area contributed by atoms with Crippen molar-refractivity contribution < 1.29 is 23.1 Å². The maximum absolute atomic E-state index is 15.1. The van der Waals surface area contributed by atoms with Gasteiger partial charge in [0, 0.05) is 28.2 Å². The Morgan fingerprint density at radius 1 is 1.06 bits per heavy atom. The molecule has 4 rings (SSSR count). The molecule has 6 heteroatoms. The van der Waals surface area contributed by atoms with Gasteiger partial charge in [0.2, 0.25) is 0 Å². The third-order valence-corrected chi connectivity index (χ3v) is 6.87. The molecule has 1 fully saturated rings. The van der Waals surface area contributed by atoms with E-state index in [1.807, 2.05) is 12.1 Å². The van der Waals surface area contributed by atoms with E-state index in [0.29, 0.717) is 29.9 Å². The zero-order valence-electron chi connectivity index (χ0n) is 16.9. The van der Waals surface area contributed by atoms with Gasteiger partial charge >= 0.3 is 5.97 Å². The number of carboxylic acids is 1. The molecule has 1 aromatic heterocycles. The van der Waals surface area contributed by atoms with Crippen molar-refractivity contribution in [3.63, 3.8) is 0 Å². The summed E-state index contributed by atoms with van der Waals surface area (Å²) in [6.45, 7) is 0. The monoisotopic (exact) mass is 444 g/mol. The van der Waals surface area contributed by atoms with Crippen LogP contribution in [-0.2, 0) is 23.6 Å². The zero-order chi connectivity index (χ0) is 22.0. The Morgan fingerprint density at radius 2 is 1.81 bits per heavy atom. The van der Waals surface area contributed by atoms with Crippen LogP contribution >= 0.6 is 11.3 Å². The quantitative estimate of drug-likeness (QED) is 0.380. The van der Waals surface area contributed by atoms with Crippen LogP contribution < -0.4 is 0 Å². The fourth-order valence-electron chi connectivity index (χ4n) is 3.73. The van der Waals surface area contributed by atoms with Crippen LogP contribution in [0.1, 0.15) is 53.2 Å². The molecule has 1 aliphatic carbocycles. The third kappa shape index (κ3) is 5.37. The van der Waals surface area contributed by atoms with Gasteiger partial charge in [-0.1, -0.05) is 30.3 Å². The third-order valence-electron chi connectivity index (χ3n) is 5.58. The average Bonchev–Trinajstić information content (AvgIpc) is 3.45. The average molecular weight is 445 g/mol. The summed E-state index contributed by atoms with van der Waals surface area (Å²) >= 11 is 1.60. The highest BCUT2D eigenvalue weighted by Gasteiger charge is 2.33. The first kappa shape index (κ1) is 21.6. The van der Waals surface area contributed by atoms with Crippen molar-refractivity contribution in [3.8, 4) is 10.4 Å². The largest absolute Gasteiger partial charge is 0.481 e. The SMILES string of the molecule is O=C(O)CCCc1ccc(C(F)(F)Cc2cc(F)ccc2-c2ccc(C3CC3)s2)cc1. The van der Waals surface area contributed by atoms with Gasteiger partial charge < -0.3 is 5.11 Å². The van der Waals surface area contributed by atoms with E-state index in [1.165, 1.54) is 42.0 Å². The standard InChI is InChI=1S/C25H23F3O2S/c26-20-10-11-21(23-13-12-22(31-23)17-6-7-17)18(14-20)15-25(27,28)19-8-4-16(5-9-19)2-1-3-24(29)30/h4-5,8-14,17H,1-3,6-7,15H2,(H,29,30). The van der Waals surface area contributed by atoms with Crippen molar-refractivity contribution >= 4 is 17.3 Å². The van der Waals surface area contributed by atoms with E-state index in [9.17, 15) is 9.18 Å². The number of aliphatic carboxylic acids is 1. The fourth-order valence-corrected chi connectivity index (χ4v) is 4.97. The lowest BCUT2D eigenvalue weighted by atomic mass is 9.95. The molecule has 1 heterocycles. The molecule has 1 N–H and O–H groups in total. The second kappa shape index (κ2) is 8.87. The number of carboxylic acid groups (broad SMARTS) is 1. The van der Waals surface area contributed by atoms with Crippen LogP contribution in [0, 0.1) is 5.82 Å². The van der Waals surface area contributed by atoms with E-state index in [4.69, 9.17) is 5.11 Å². The summed E-state index contributed by atoms with van der Waals surface area (Å²) < 4.78 is 44.1. The molecule has 0 unspecified atom stereocenters. The number of hydrogen-bond acceptors (Lipinski definition) is 2. The minimum Gasteiger partial charge on any atom is -0.481 e. The molecule has 0 amide bonds. The van der Waals surface area contributed by atoms with E-state index in [1.54, 1.807) is 29.5 Å². The summed E-state index contributed by atoms with van der Waals surface area (Å²) in [4.78, 5) is 12.8. The van der Waals surface area contributed by atoms with Crippen LogP contribution in [0.2, 0.25) is 0 Å². The Kier molecular flexibility index (Phi) is 6.19. The van der Waals surface area contributed by atoms with Crippen LogP contribution in [0.25, 0.3) is 10.4 Å². The smallest absolute Gasteiger partial charge is 0.303 e. The highest BCUT2D eigenvalue weighted by molar-refractivity contribution is 7.15. The number of benzene rings is 2. The summed E-state index contributed by atoms with van der Waals surface area (Å²) in [5.74, 6) is -3.97. The molecule has 0 saturated heterocycles. The Hall–Kier alpha value is -2.60. The number of thiophene rings is 1. The maximum Gasteiger partial charge on any atom is 0.303 e. The maximum atomic E-state index is 15.1. The van der Waals surface area contributed by atoms with Crippen LogP contribution in [0.15, 0.2) is 54.6 Å². The lowest BCUT2D eigenvalue weighted by Crippen LogP contribution is -2.17. The van der Waals surface area contributed by atoms with Crippen LogP contribution in [0.5, 0.6) is 0 Å². The van der Waals surface area contributed by atoms with E-state index in [2.05, 4.69) is 0 Å². The van der Waals surface area contributed by atoms with Crippen molar-refractivity contribution in [2.45, 2.75) is 50.4 Å². The van der Waals surface area contributed by atoms with Crippen LogP contribution in [-0.4, -0.2) is 11.1 Å². The topological polar surface area (TPSA) is 37.3 Å². The number of alkyl halides is 2. The molecule has 162 valence electrons. The number of carbonyl (C=O) groups is 1. The Morgan fingerprint density at radius 3 is 2.48 bits per heavy atom. The van der Waals surface area contributed by atoms with Gasteiger partial charge in [0.15, 0.2) is 0 Å². The van der Waals surface area contributed by atoms with Gasteiger partial charge in [0.1, 0.15) is 5.82 Å². The van der Waals surface area contributed by atoms with Crippen molar-refractivity contribution in [3.05, 3.63) is 82.0 Å². The van der Waals surface area contributed by atoms with E-state index in [-0.39, 0.29) is 12.0 Å². The summed E-state index contributed by atoms with van der Waals surface area (Å²) in [6, 6.07) is 14.1. The van der Waals surface area contributed by atoms with Crippen molar-refractivity contribution in [2.24, 2.45) is 0 Å². The molecule has 3 aromatic rings. The van der Waals surface area contributed by atoms with Gasteiger partial charge in [0.05, 0.1) is 0 Å². The molecule has 31 heavy (non-hydrogen) atoms. The normalized spacial score (nSPS) is 14.0. The second-order valence-corrected chi connectivity index (χ2v) is 9.22. The van der Waals surface area contributed by atoms with E-state index < -0.39 is 24.1 Å². The molecule has 0 atom stereocenters. The van der Waals surface area contributed by atoms with Gasteiger partial charge in [-0.3, -0.25) is 4.79 Å². The Labute approximate surface area is 183 Å². The molecule has 0 spiro atoms. The minimum absolute atomic E-state index is 0.0471. The molecule has 0 aliphatic heterocycles. The van der Waals surface area contributed by atoms with Crippen molar-refractivity contribution in [1.29, 1.82) is 0 Å². The number of halogens is 3. The lowest BCUT2D eigenvalue weighted by molar-refractivity contribution is -0.137. The highest BCUT2D eigenvalue weighted by Crippen LogP contribution is 2.46. The molecular formula is C25H23F3O2S. The summed E-state index contributed by atoms with van der Waals surface area (Å²) in [7, 11) is 0. The summed E-state index contributed by atoms with van der Waals surface area (Å²) in [5, 5.41) is 8.71. The number of aryl methyl sites for hydroxylation is 1. The van der Waals surface area contributed by atoms with Gasteiger partial charge in [0.25, 0.3) is 5.92 Å². The minimum atomic E-state index is -3.15. The Balaban J connectivity index is 1.53. The number of hydrogen-bond donors (Lipinski definition) is 1. The van der Waals surface area contributed by atoms with Gasteiger partial charge in [-0.2, -0.15) is 0 Å². The van der Waals surface area contributed by atoms with Crippen molar-refractivity contribution in [1.82, 2.24) is 0 Å². The molecular weight excluding hydrogens is 421 g/mol. The zero-order valence-corrected chi connectivity index (χ0v) is 17.7. The van der Waals surface area contributed by atoms with Gasteiger partial charge in [-0.05, 0) is 72.6 Å². The molecule has 2 nitrogen and oxygen atoms in total. The first-order valence-corrected chi connectivity index (χ1v) is 11.2. The first-order valence-electron chi connectivity index (χ1n) is 10.4. The van der Waals surface area contributed by atoms with Gasteiger partial charge in [-0.25, -0.2) is 13.2 Å². The summed E-state index contributed by atoms with van der Waals surface area (Å²) in [5.41, 5.74) is 1.64. The molecule has 0 bridgehead atoms. The Bertz CT molecular complexity index is 1070. The lowest BCUT2D eigenvalue weighted by Gasteiger charge is -2.19. The second-order valence-electron chi connectivity index (χ2n) is 8.10. The highest BCUT2D eigenvalue weighted by atomic mass is 32.1. The van der Waals surface area contributed by atoms with E-state index >= 15 is 8.78 Å². The predicted octanol–water partition coefficient (Wildman–Crippen LogP) is 7.17. The molecule has 1 saturated carbocycles. The van der Waals surface area contributed by atoms with Crippen LogP contribution in [0.3, 0.4) is 0 Å². The fraction of sp³-hybridized carbons (Fsp3) is 0.320. The van der Waals surface area contributed by atoms with Crippen LogP contribution in [0.4, 0.5) is 13.2 Å². The molecule has 2 aromatic carbocycles.